The highest BCUT2D eigenvalue weighted by Crippen LogP contribution is 2.13. The number of phenolic OH excluding ortho intramolecular Hbond substituents is 1. The van der Waals surface area contributed by atoms with Crippen molar-refractivity contribution in [3.63, 3.8) is 0 Å². The summed E-state index contributed by atoms with van der Waals surface area (Å²) < 4.78 is 5.30. The Morgan fingerprint density at radius 3 is 2.56 bits per heavy atom. The first kappa shape index (κ1) is 18.0. The summed E-state index contributed by atoms with van der Waals surface area (Å²) >= 11 is 0. The average Bonchev–Trinajstić information content (AvgIpc) is 2.62. The van der Waals surface area contributed by atoms with Gasteiger partial charge in [-0.1, -0.05) is 12.1 Å². The number of benzene rings is 2. The van der Waals surface area contributed by atoms with Crippen LogP contribution in [-0.2, 0) is 4.79 Å². The Hall–Kier alpha value is -3.35. The van der Waals surface area contributed by atoms with Crippen LogP contribution >= 0.6 is 0 Å². The number of hydrazone groups is 1. The molecule has 130 valence electrons. The van der Waals surface area contributed by atoms with Crippen LogP contribution in [0.2, 0.25) is 0 Å². The molecule has 0 atom stereocenters. The topological polar surface area (TPSA) is 100 Å². The molecule has 0 aliphatic carbocycles. The first-order valence-electron chi connectivity index (χ1n) is 7.71. The van der Waals surface area contributed by atoms with Crippen LogP contribution in [0.3, 0.4) is 0 Å². The molecule has 0 aliphatic rings. The number of hydrogen-bond acceptors (Lipinski definition) is 5. The van der Waals surface area contributed by atoms with Gasteiger partial charge in [0, 0.05) is 11.1 Å². The molecule has 7 nitrogen and oxygen atoms in total. The summed E-state index contributed by atoms with van der Waals surface area (Å²) in [5.74, 6) is -0.117. The molecular weight excluding hydrogens is 322 g/mol. The van der Waals surface area contributed by atoms with Crippen LogP contribution in [0.1, 0.15) is 22.8 Å². The molecule has 2 rings (SSSR count). The highest BCUT2D eigenvalue weighted by atomic mass is 16.5. The van der Waals surface area contributed by atoms with E-state index in [4.69, 9.17) is 4.74 Å². The molecule has 0 unspecified atom stereocenters. The summed E-state index contributed by atoms with van der Waals surface area (Å²) in [6, 6.07) is 13.2. The van der Waals surface area contributed by atoms with Crippen LogP contribution < -0.4 is 15.5 Å². The Morgan fingerprint density at radius 1 is 1.16 bits per heavy atom. The second-order valence-electron chi connectivity index (χ2n) is 4.99. The van der Waals surface area contributed by atoms with Gasteiger partial charge in [0.1, 0.15) is 11.5 Å². The monoisotopic (exact) mass is 341 g/mol. The maximum Gasteiger partial charge on any atom is 0.259 e. The molecule has 0 saturated heterocycles. The van der Waals surface area contributed by atoms with E-state index in [1.165, 1.54) is 12.3 Å². The molecule has 2 amide bonds. The van der Waals surface area contributed by atoms with Crippen molar-refractivity contribution in [2.45, 2.75) is 6.92 Å². The van der Waals surface area contributed by atoms with Gasteiger partial charge in [-0.05, 0) is 43.3 Å². The summed E-state index contributed by atoms with van der Waals surface area (Å²) in [5.41, 5.74) is 3.17. The lowest BCUT2D eigenvalue weighted by Crippen LogP contribution is -2.34. The zero-order valence-electron chi connectivity index (χ0n) is 13.7. The van der Waals surface area contributed by atoms with Crippen molar-refractivity contribution in [2.24, 2.45) is 5.10 Å². The predicted octanol–water partition coefficient (Wildman–Crippen LogP) is 1.67. The molecule has 0 aromatic heterocycles. The highest BCUT2D eigenvalue weighted by Gasteiger charge is 2.07. The minimum atomic E-state index is -0.481. The lowest BCUT2D eigenvalue weighted by molar-refractivity contribution is -0.120. The fourth-order valence-corrected chi connectivity index (χ4v) is 1.94. The van der Waals surface area contributed by atoms with Crippen LogP contribution in [0, 0.1) is 0 Å². The van der Waals surface area contributed by atoms with Gasteiger partial charge in [-0.25, -0.2) is 5.43 Å². The Balaban J connectivity index is 1.79. The van der Waals surface area contributed by atoms with E-state index < -0.39 is 5.91 Å². The number of amides is 2. The second-order valence-corrected chi connectivity index (χ2v) is 4.99. The van der Waals surface area contributed by atoms with Gasteiger partial charge in [-0.15, -0.1) is 0 Å². The van der Waals surface area contributed by atoms with Crippen molar-refractivity contribution in [2.75, 3.05) is 13.2 Å². The number of carbonyl (C=O) groups is 2. The van der Waals surface area contributed by atoms with E-state index in [9.17, 15) is 14.7 Å². The number of hydrogen-bond donors (Lipinski definition) is 3. The summed E-state index contributed by atoms with van der Waals surface area (Å²) in [4.78, 5) is 23.6. The highest BCUT2D eigenvalue weighted by molar-refractivity contribution is 5.96. The molecule has 0 bridgehead atoms. The van der Waals surface area contributed by atoms with Gasteiger partial charge in [0.2, 0.25) is 0 Å². The smallest absolute Gasteiger partial charge is 0.259 e. The molecule has 0 spiro atoms. The molecule has 3 N–H and O–H groups in total. The molecule has 2 aromatic rings. The maximum atomic E-state index is 12.0. The van der Waals surface area contributed by atoms with Crippen LogP contribution in [-0.4, -0.2) is 36.3 Å². The molecule has 2 aromatic carbocycles. The van der Waals surface area contributed by atoms with Crippen molar-refractivity contribution in [1.29, 1.82) is 0 Å². The average molecular weight is 341 g/mol. The summed E-state index contributed by atoms with van der Waals surface area (Å²) in [7, 11) is 0. The van der Waals surface area contributed by atoms with Gasteiger partial charge in [-0.3, -0.25) is 9.59 Å². The third kappa shape index (κ3) is 5.65. The van der Waals surface area contributed by atoms with Gasteiger partial charge >= 0.3 is 0 Å². The SMILES string of the molecule is CCOc1ccc(C(=O)NCC(=O)N/N=C/c2ccccc2O)cc1. The molecule has 0 aliphatic heterocycles. The van der Waals surface area contributed by atoms with E-state index in [1.807, 2.05) is 6.92 Å². The Labute approximate surface area is 145 Å². The summed E-state index contributed by atoms with van der Waals surface area (Å²) in [6.45, 7) is 2.21. The quantitative estimate of drug-likeness (QED) is 0.527. The zero-order chi connectivity index (χ0) is 18.1. The van der Waals surface area contributed by atoms with Crippen LogP contribution in [0.5, 0.6) is 11.5 Å². The maximum absolute atomic E-state index is 12.0. The van der Waals surface area contributed by atoms with E-state index in [2.05, 4.69) is 15.8 Å². The number of nitrogens with one attached hydrogen (secondary N) is 2. The molecule has 0 radical (unpaired) electrons. The van der Waals surface area contributed by atoms with Crippen molar-refractivity contribution in [3.05, 3.63) is 59.7 Å². The number of carbonyl (C=O) groups excluding carboxylic acids is 2. The number of phenols is 1. The lowest BCUT2D eigenvalue weighted by atomic mass is 10.2. The number of ether oxygens (including phenoxy) is 1. The first-order chi connectivity index (χ1) is 12.1. The molecule has 0 heterocycles. The van der Waals surface area contributed by atoms with Gasteiger partial charge in [0.15, 0.2) is 0 Å². The third-order valence-electron chi connectivity index (χ3n) is 3.17. The zero-order valence-corrected chi connectivity index (χ0v) is 13.7. The number of nitrogens with zero attached hydrogens (tertiary/aromatic N) is 1. The molecule has 0 fully saturated rings. The Morgan fingerprint density at radius 2 is 1.88 bits per heavy atom. The minimum absolute atomic E-state index is 0.0595. The van der Waals surface area contributed by atoms with Crippen molar-refractivity contribution < 1.29 is 19.4 Å². The summed E-state index contributed by atoms with van der Waals surface area (Å²) in [5, 5.41) is 15.8. The standard InChI is InChI=1S/C18H19N3O4/c1-2-25-15-9-7-13(8-10-15)18(24)19-12-17(23)21-20-11-14-5-3-4-6-16(14)22/h3-11,22H,2,12H2,1H3,(H,19,24)(H,21,23)/b20-11+. The van der Waals surface area contributed by atoms with Gasteiger partial charge in [0.25, 0.3) is 11.8 Å². The van der Waals surface area contributed by atoms with E-state index >= 15 is 0 Å². The molecule has 7 heteroatoms. The Bertz CT molecular complexity index is 757. The summed E-state index contributed by atoms with van der Waals surface area (Å²) in [6.07, 6.45) is 1.32. The van der Waals surface area contributed by atoms with E-state index in [0.717, 1.165) is 0 Å². The van der Waals surface area contributed by atoms with E-state index in [1.54, 1.807) is 42.5 Å². The van der Waals surface area contributed by atoms with Crippen LogP contribution in [0.15, 0.2) is 53.6 Å². The fraction of sp³-hybridized carbons (Fsp3) is 0.167. The van der Waals surface area contributed by atoms with Crippen LogP contribution in [0.4, 0.5) is 0 Å². The van der Waals surface area contributed by atoms with Crippen molar-refractivity contribution >= 4 is 18.0 Å². The number of rotatable bonds is 7. The van der Waals surface area contributed by atoms with Crippen molar-refractivity contribution in [3.8, 4) is 11.5 Å². The van der Waals surface area contributed by atoms with Gasteiger partial charge < -0.3 is 15.2 Å². The minimum Gasteiger partial charge on any atom is -0.507 e. The van der Waals surface area contributed by atoms with Gasteiger partial charge in [0.05, 0.1) is 19.4 Å². The first-order valence-corrected chi connectivity index (χ1v) is 7.71. The number of para-hydroxylation sites is 1. The molecule has 25 heavy (non-hydrogen) atoms. The van der Waals surface area contributed by atoms with Crippen molar-refractivity contribution in [1.82, 2.24) is 10.7 Å². The normalized spacial score (nSPS) is 10.4. The lowest BCUT2D eigenvalue weighted by Gasteiger charge is -2.06. The van der Waals surface area contributed by atoms with Gasteiger partial charge in [-0.2, -0.15) is 5.10 Å². The third-order valence-corrected chi connectivity index (χ3v) is 3.17. The molecular formula is C18H19N3O4. The largest absolute Gasteiger partial charge is 0.507 e. The second kappa shape index (κ2) is 9.07. The van der Waals surface area contributed by atoms with Crippen LogP contribution in [0.25, 0.3) is 0 Å². The Kier molecular flexibility index (Phi) is 6.53. The predicted molar refractivity (Wildman–Crippen MR) is 93.8 cm³/mol. The fourth-order valence-electron chi connectivity index (χ4n) is 1.94. The van der Waals surface area contributed by atoms with E-state index in [-0.39, 0.29) is 18.2 Å². The number of aromatic hydroxyl groups is 1. The van der Waals surface area contributed by atoms with E-state index in [0.29, 0.717) is 23.5 Å². The molecule has 0 saturated carbocycles.